The quantitative estimate of drug-likeness (QED) is 0.803. The smallest absolute Gasteiger partial charge is 0.230 e. The van der Waals surface area contributed by atoms with Crippen LogP contribution in [-0.2, 0) is 16.6 Å². The van der Waals surface area contributed by atoms with E-state index in [4.69, 9.17) is 0 Å². The summed E-state index contributed by atoms with van der Waals surface area (Å²) in [5.41, 5.74) is 1.57. The van der Waals surface area contributed by atoms with Crippen LogP contribution < -0.4 is 5.32 Å². The minimum atomic E-state index is -0.519. The maximum absolute atomic E-state index is 13.5. The van der Waals surface area contributed by atoms with Crippen LogP contribution in [0.3, 0.4) is 0 Å². The lowest BCUT2D eigenvalue weighted by molar-refractivity contribution is -0.129. The Balaban J connectivity index is 1.56. The van der Waals surface area contributed by atoms with Crippen LogP contribution in [0.4, 0.5) is 4.39 Å². The molecule has 1 N–H and O–H groups in total. The van der Waals surface area contributed by atoms with Crippen LogP contribution in [-0.4, -0.2) is 12.5 Å². The van der Waals surface area contributed by atoms with Gasteiger partial charge in [0.2, 0.25) is 5.91 Å². The van der Waals surface area contributed by atoms with E-state index in [1.165, 1.54) is 17.7 Å². The van der Waals surface area contributed by atoms with Crippen molar-refractivity contribution >= 4 is 5.91 Å². The first-order valence-electron chi connectivity index (χ1n) is 8.29. The van der Waals surface area contributed by atoms with Gasteiger partial charge in [-0.3, -0.25) is 4.79 Å². The molecule has 2 aromatic rings. The maximum atomic E-state index is 13.5. The molecule has 1 aliphatic rings. The van der Waals surface area contributed by atoms with Crippen LogP contribution in [0.2, 0.25) is 0 Å². The number of benzene rings is 2. The lowest BCUT2D eigenvalue weighted by atomic mass is 9.64. The van der Waals surface area contributed by atoms with Crippen molar-refractivity contribution in [3.05, 3.63) is 71.5 Å². The van der Waals surface area contributed by atoms with Crippen LogP contribution in [0.1, 0.15) is 36.8 Å². The monoisotopic (exact) mass is 311 g/mol. The third-order valence-electron chi connectivity index (χ3n) is 4.79. The van der Waals surface area contributed by atoms with Crippen LogP contribution in [0.25, 0.3) is 0 Å². The molecule has 0 unspecified atom stereocenters. The Kier molecular flexibility index (Phi) is 4.75. The Morgan fingerprint density at radius 3 is 2.52 bits per heavy atom. The second-order valence-electron chi connectivity index (χ2n) is 6.29. The predicted molar refractivity (Wildman–Crippen MR) is 89.7 cm³/mol. The third kappa shape index (κ3) is 3.44. The second-order valence-corrected chi connectivity index (χ2v) is 6.29. The van der Waals surface area contributed by atoms with Gasteiger partial charge in [-0.2, -0.15) is 0 Å². The number of rotatable bonds is 6. The van der Waals surface area contributed by atoms with Gasteiger partial charge in [0.15, 0.2) is 0 Å². The van der Waals surface area contributed by atoms with E-state index in [9.17, 15) is 9.18 Å². The fourth-order valence-corrected chi connectivity index (χ4v) is 3.27. The van der Waals surface area contributed by atoms with Gasteiger partial charge < -0.3 is 5.32 Å². The number of aryl methyl sites for hydroxylation is 1. The zero-order valence-corrected chi connectivity index (χ0v) is 13.2. The van der Waals surface area contributed by atoms with E-state index >= 15 is 0 Å². The van der Waals surface area contributed by atoms with Gasteiger partial charge in [0.05, 0.1) is 5.41 Å². The first-order valence-corrected chi connectivity index (χ1v) is 8.29. The van der Waals surface area contributed by atoms with Gasteiger partial charge in [0.25, 0.3) is 0 Å². The number of amides is 1. The van der Waals surface area contributed by atoms with Crippen LogP contribution in [0.5, 0.6) is 0 Å². The molecule has 0 spiro atoms. The predicted octanol–water partition coefficient (Wildman–Crippen LogP) is 4.00. The number of hydrogen-bond donors (Lipinski definition) is 1. The lowest BCUT2D eigenvalue weighted by Gasteiger charge is -2.40. The van der Waals surface area contributed by atoms with Crippen LogP contribution >= 0.6 is 0 Å². The molecule has 0 heterocycles. The highest BCUT2D eigenvalue weighted by Crippen LogP contribution is 2.44. The summed E-state index contributed by atoms with van der Waals surface area (Å²) in [6, 6.07) is 16.7. The van der Waals surface area contributed by atoms with Crippen molar-refractivity contribution in [3.8, 4) is 0 Å². The molecule has 0 saturated heterocycles. The molecule has 0 bridgehead atoms. The molecular formula is C20H22FNO. The summed E-state index contributed by atoms with van der Waals surface area (Å²) in [7, 11) is 0. The van der Waals surface area contributed by atoms with Crippen LogP contribution in [0, 0.1) is 5.82 Å². The lowest BCUT2D eigenvalue weighted by Crippen LogP contribution is -2.49. The summed E-state index contributed by atoms with van der Waals surface area (Å²) in [5.74, 6) is -0.229. The SMILES string of the molecule is O=C(NCCCc1ccccc1)C1(c2cccc(F)c2)CCC1. The number of hydrogen-bond acceptors (Lipinski definition) is 1. The highest BCUT2D eigenvalue weighted by Gasteiger charge is 2.45. The minimum absolute atomic E-state index is 0.0439. The van der Waals surface area contributed by atoms with Crippen LogP contribution in [0.15, 0.2) is 54.6 Å². The molecule has 2 aromatic carbocycles. The fraction of sp³-hybridized carbons (Fsp3) is 0.350. The molecular weight excluding hydrogens is 289 g/mol. The molecule has 0 atom stereocenters. The maximum Gasteiger partial charge on any atom is 0.230 e. The van der Waals surface area contributed by atoms with Gasteiger partial charge in [-0.05, 0) is 48.9 Å². The number of carbonyl (C=O) groups excluding carboxylic acids is 1. The normalized spacial score (nSPS) is 15.7. The Hall–Kier alpha value is -2.16. The van der Waals surface area contributed by atoms with Gasteiger partial charge in [-0.1, -0.05) is 48.9 Å². The molecule has 2 nitrogen and oxygen atoms in total. The van der Waals surface area contributed by atoms with Crippen molar-refractivity contribution in [1.82, 2.24) is 5.32 Å². The van der Waals surface area contributed by atoms with E-state index in [1.807, 2.05) is 24.3 Å². The number of nitrogens with one attached hydrogen (secondary N) is 1. The number of halogens is 1. The zero-order chi connectivity index (χ0) is 16.1. The number of carbonyl (C=O) groups is 1. The highest BCUT2D eigenvalue weighted by molar-refractivity contribution is 5.89. The van der Waals surface area contributed by atoms with Crippen molar-refractivity contribution in [2.75, 3.05) is 6.54 Å². The van der Waals surface area contributed by atoms with Gasteiger partial charge in [-0.15, -0.1) is 0 Å². The summed E-state index contributed by atoms with van der Waals surface area (Å²) in [5, 5.41) is 3.05. The van der Waals surface area contributed by atoms with Gasteiger partial charge in [0, 0.05) is 6.54 Å². The summed E-state index contributed by atoms with van der Waals surface area (Å²) in [6.07, 6.45) is 4.50. The largest absolute Gasteiger partial charge is 0.355 e. The summed E-state index contributed by atoms with van der Waals surface area (Å²) in [6.45, 7) is 0.658. The Labute approximate surface area is 136 Å². The molecule has 1 amide bonds. The third-order valence-corrected chi connectivity index (χ3v) is 4.79. The molecule has 1 aliphatic carbocycles. The van der Waals surface area contributed by atoms with Crippen molar-refractivity contribution < 1.29 is 9.18 Å². The van der Waals surface area contributed by atoms with E-state index in [2.05, 4.69) is 17.4 Å². The average molecular weight is 311 g/mol. The molecule has 0 aromatic heterocycles. The van der Waals surface area contributed by atoms with E-state index in [-0.39, 0.29) is 11.7 Å². The van der Waals surface area contributed by atoms with Crippen molar-refractivity contribution in [1.29, 1.82) is 0 Å². The molecule has 3 rings (SSSR count). The van der Waals surface area contributed by atoms with Gasteiger partial charge in [-0.25, -0.2) is 4.39 Å². The molecule has 0 radical (unpaired) electrons. The molecule has 1 saturated carbocycles. The average Bonchev–Trinajstić information content (AvgIpc) is 2.52. The minimum Gasteiger partial charge on any atom is -0.355 e. The van der Waals surface area contributed by atoms with E-state index in [0.29, 0.717) is 6.54 Å². The topological polar surface area (TPSA) is 29.1 Å². The van der Waals surface area contributed by atoms with Gasteiger partial charge in [0.1, 0.15) is 5.82 Å². The molecule has 120 valence electrons. The summed E-state index contributed by atoms with van der Waals surface area (Å²) >= 11 is 0. The first kappa shape index (κ1) is 15.7. The molecule has 23 heavy (non-hydrogen) atoms. The van der Waals surface area contributed by atoms with E-state index in [0.717, 1.165) is 37.7 Å². The molecule has 3 heteroatoms. The van der Waals surface area contributed by atoms with E-state index in [1.54, 1.807) is 6.07 Å². The standard InChI is InChI=1S/C20H22FNO/c21-18-11-4-10-17(15-18)20(12-6-13-20)19(23)22-14-5-9-16-7-2-1-3-8-16/h1-4,7-8,10-11,15H,5-6,9,12-14H2,(H,22,23). The van der Waals surface area contributed by atoms with Crippen molar-refractivity contribution in [2.45, 2.75) is 37.5 Å². The molecule has 1 fully saturated rings. The summed E-state index contributed by atoms with van der Waals surface area (Å²) < 4.78 is 13.5. The Morgan fingerprint density at radius 1 is 1.09 bits per heavy atom. The fourth-order valence-electron chi connectivity index (χ4n) is 3.27. The van der Waals surface area contributed by atoms with Crippen molar-refractivity contribution in [2.24, 2.45) is 0 Å². The second kappa shape index (κ2) is 6.95. The summed E-state index contributed by atoms with van der Waals surface area (Å²) in [4.78, 5) is 12.6. The molecule has 0 aliphatic heterocycles. The van der Waals surface area contributed by atoms with Gasteiger partial charge >= 0.3 is 0 Å². The Morgan fingerprint density at radius 2 is 1.87 bits per heavy atom. The van der Waals surface area contributed by atoms with Crippen molar-refractivity contribution in [3.63, 3.8) is 0 Å². The first-order chi connectivity index (χ1) is 11.2. The Bertz CT molecular complexity index is 664. The highest BCUT2D eigenvalue weighted by atomic mass is 19.1. The zero-order valence-electron chi connectivity index (χ0n) is 13.2. The van der Waals surface area contributed by atoms with E-state index < -0.39 is 5.41 Å².